The largest absolute Gasteiger partial charge is 0.318 e. The van der Waals surface area contributed by atoms with Crippen LogP contribution in [0.3, 0.4) is 0 Å². The Hall–Kier alpha value is -1.40. The highest BCUT2D eigenvalue weighted by molar-refractivity contribution is 9.10. The number of rotatable bonds is 2. The topological polar surface area (TPSA) is 26.0 Å². The number of hydrogen-bond donors (Lipinski definition) is 1. The first kappa shape index (κ1) is 15.0. The lowest BCUT2D eigenvalue weighted by atomic mass is 9.85. The van der Waals surface area contributed by atoms with Crippen LogP contribution < -0.4 is 5.73 Å². The summed E-state index contributed by atoms with van der Waals surface area (Å²) in [6.45, 7) is 1.29. The quantitative estimate of drug-likeness (QED) is 0.638. The molecule has 0 amide bonds. The van der Waals surface area contributed by atoms with E-state index in [0.29, 0.717) is 6.07 Å². The fourth-order valence-corrected chi connectivity index (χ4v) is 2.33. The van der Waals surface area contributed by atoms with Crippen molar-refractivity contribution in [1.82, 2.24) is 0 Å². The van der Waals surface area contributed by atoms with Crippen molar-refractivity contribution in [1.29, 1.82) is 0 Å². The lowest BCUT2D eigenvalue weighted by Crippen LogP contribution is -2.36. The van der Waals surface area contributed by atoms with E-state index in [1.165, 1.54) is 13.0 Å². The molecule has 0 bridgehead atoms. The first-order valence-electron chi connectivity index (χ1n) is 5.63. The molecule has 0 aromatic heterocycles. The Balaban J connectivity index is 2.69. The van der Waals surface area contributed by atoms with Gasteiger partial charge in [0.05, 0.1) is 10.0 Å². The lowest BCUT2D eigenvalue weighted by Gasteiger charge is -2.27. The minimum atomic E-state index is -1.72. The molecule has 6 heteroatoms. The third-order valence-corrected chi connectivity index (χ3v) is 3.64. The summed E-state index contributed by atoms with van der Waals surface area (Å²) < 4.78 is 54.5. The smallest absolute Gasteiger partial charge is 0.145 e. The Kier molecular flexibility index (Phi) is 3.88. The van der Waals surface area contributed by atoms with Crippen LogP contribution in [0.2, 0.25) is 0 Å². The molecule has 20 heavy (non-hydrogen) atoms. The van der Waals surface area contributed by atoms with Crippen molar-refractivity contribution in [2.24, 2.45) is 5.73 Å². The molecule has 0 aliphatic carbocycles. The van der Waals surface area contributed by atoms with Gasteiger partial charge in [-0.15, -0.1) is 0 Å². The summed E-state index contributed by atoms with van der Waals surface area (Å²) in [5.41, 5.74) is 3.69. The van der Waals surface area contributed by atoms with Crippen LogP contribution in [0.15, 0.2) is 34.8 Å². The summed E-state index contributed by atoms with van der Waals surface area (Å²) in [5, 5.41) is 0. The van der Waals surface area contributed by atoms with E-state index in [1.54, 1.807) is 0 Å². The van der Waals surface area contributed by atoms with Crippen LogP contribution in [0.4, 0.5) is 17.6 Å². The van der Waals surface area contributed by atoms with Gasteiger partial charge in [0.1, 0.15) is 23.3 Å². The van der Waals surface area contributed by atoms with E-state index in [4.69, 9.17) is 5.73 Å². The zero-order chi connectivity index (χ0) is 15.1. The Morgan fingerprint density at radius 2 is 1.55 bits per heavy atom. The molecule has 2 aromatic rings. The van der Waals surface area contributed by atoms with Crippen molar-refractivity contribution in [3.8, 4) is 0 Å². The van der Waals surface area contributed by atoms with E-state index in [9.17, 15) is 17.6 Å². The van der Waals surface area contributed by atoms with E-state index in [-0.39, 0.29) is 10.0 Å². The van der Waals surface area contributed by atoms with E-state index >= 15 is 0 Å². The van der Waals surface area contributed by atoms with Gasteiger partial charge >= 0.3 is 0 Å². The maximum Gasteiger partial charge on any atom is 0.145 e. The Labute approximate surface area is 121 Å². The number of hydrogen-bond acceptors (Lipinski definition) is 1. The van der Waals surface area contributed by atoms with Gasteiger partial charge in [-0.3, -0.25) is 0 Å². The van der Waals surface area contributed by atoms with Crippen LogP contribution in [0.25, 0.3) is 0 Å². The van der Waals surface area contributed by atoms with Crippen molar-refractivity contribution < 1.29 is 17.6 Å². The number of nitrogens with two attached hydrogens (primary N) is 1. The summed E-state index contributed by atoms with van der Waals surface area (Å²) >= 11 is 2.93. The molecule has 1 atom stereocenters. The van der Waals surface area contributed by atoms with Gasteiger partial charge in [-0.05, 0) is 52.7 Å². The van der Waals surface area contributed by atoms with Crippen LogP contribution in [-0.4, -0.2) is 0 Å². The van der Waals surface area contributed by atoms with Gasteiger partial charge in [-0.25, -0.2) is 17.6 Å². The van der Waals surface area contributed by atoms with E-state index in [0.717, 1.165) is 18.2 Å². The highest BCUT2D eigenvalue weighted by Crippen LogP contribution is 2.34. The number of halogens is 5. The molecular formula is C14H10BrF4N. The highest BCUT2D eigenvalue weighted by atomic mass is 79.9. The van der Waals surface area contributed by atoms with Gasteiger partial charge in [0.15, 0.2) is 0 Å². The van der Waals surface area contributed by atoms with Gasteiger partial charge in [-0.1, -0.05) is 0 Å². The Morgan fingerprint density at radius 3 is 2.10 bits per heavy atom. The maximum absolute atomic E-state index is 14.1. The Bertz CT molecular complexity index is 650. The summed E-state index contributed by atoms with van der Waals surface area (Å²) in [5.74, 6) is -3.53. The van der Waals surface area contributed by atoms with Crippen LogP contribution in [0.1, 0.15) is 18.1 Å². The highest BCUT2D eigenvalue weighted by Gasteiger charge is 2.32. The molecule has 0 radical (unpaired) electrons. The fourth-order valence-electron chi connectivity index (χ4n) is 2.00. The SMILES string of the molecule is CC(N)(c1cc(F)cc(F)c1)c1c(F)ccc(Br)c1F. The molecule has 2 N–H and O–H groups in total. The molecule has 2 rings (SSSR count). The van der Waals surface area contributed by atoms with Crippen molar-refractivity contribution in [3.05, 3.63) is 69.2 Å². The van der Waals surface area contributed by atoms with Crippen LogP contribution >= 0.6 is 15.9 Å². The third kappa shape index (κ3) is 2.58. The van der Waals surface area contributed by atoms with E-state index in [2.05, 4.69) is 15.9 Å². The van der Waals surface area contributed by atoms with E-state index in [1.807, 2.05) is 0 Å². The van der Waals surface area contributed by atoms with Crippen molar-refractivity contribution in [2.75, 3.05) is 0 Å². The molecule has 0 heterocycles. The zero-order valence-corrected chi connectivity index (χ0v) is 11.9. The number of benzene rings is 2. The summed E-state index contributed by atoms with van der Waals surface area (Å²) in [4.78, 5) is 0. The Morgan fingerprint density at radius 1 is 1.00 bits per heavy atom. The first-order chi connectivity index (χ1) is 9.23. The molecule has 0 saturated heterocycles. The van der Waals surface area contributed by atoms with Crippen molar-refractivity contribution in [3.63, 3.8) is 0 Å². The summed E-state index contributed by atoms with van der Waals surface area (Å²) in [6, 6.07) is 4.78. The standard InChI is InChI=1S/C14H10BrF4N/c1-14(20,7-4-8(16)6-9(17)5-7)12-11(18)3-2-10(15)13(12)19/h2-6H,20H2,1H3. The monoisotopic (exact) mass is 347 g/mol. The van der Waals surface area contributed by atoms with Crippen LogP contribution in [0.5, 0.6) is 0 Å². The average Bonchev–Trinajstić information content (AvgIpc) is 2.33. The molecule has 2 aromatic carbocycles. The lowest BCUT2D eigenvalue weighted by molar-refractivity contribution is 0.473. The molecule has 1 nitrogen and oxygen atoms in total. The maximum atomic E-state index is 14.1. The minimum absolute atomic E-state index is 0.0162. The molecule has 106 valence electrons. The van der Waals surface area contributed by atoms with Gasteiger partial charge in [0.25, 0.3) is 0 Å². The minimum Gasteiger partial charge on any atom is -0.318 e. The molecule has 0 spiro atoms. The van der Waals surface area contributed by atoms with E-state index < -0.39 is 34.4 Å². The van der Waals surface area contributed by atoms with Crippen molar-refractivity contribution >= 4 is 15.9 Å². The van der Waals surface area contributed by atoms with Gasteiger partial charge in [-0.2, -0.15) is 0 Å². The second-order valence-corrected chi connectivity index (χ2v) is 5.43. The average molecular weight is 348 g/mol. The fraction of sp³-hybridized carbons (Fsp3) is 0.143. The predicted octanol–water partition coefficient (Wildman–Crippen LogP) is 4.23. The second-order valence-electron chi connectivity index (χ2n) is 4.58. The van der Waals surface area contributed by atoms with Crippen LogP contribution in [-0.2, 0) is 5.54 Å². The molecule has 0 saturated carbocycles. The molecule has 0 fully saturated rings. The molecule has 0 aliphatic heterocycles. The van der Waals surface area contributed by atoms with Crippen LogP contribution in [0, 0.1) is 23.3 Å². The summed E-state index contributed by atoms with van der Waals surface area (Å²) in [6.07, 6.45) is 0. The van der Waals surface area contributed by atoms with Gasteiger partial charge in [0, 0.05) is 11.6 Å². The second kappa shape index (κ2) is 5.18. The molecule has 0 aliphatic rings. The first-order valence-corrected chi connectivity index (χ1v) is 6.42. The normalized spacial score (nSPS) is 14.2. The zero-order valence-electron chi connectivity index (χ0n) is 10.4. The predicted molar refractivity (Wildman–Crippen MR) is 71.1 cm³/mol. The van der Waals surface area contributed by atoms with Gasteiger partial charge < -0.3 is 5.73 Å². The third-order valence-electron chi connectivity index (χ3n) is 3.03. The summed E-state index contributed by atoms with van der Waals surface area (Å²) in [7, 11) is 0. The van der Waals surface area contributed by atoms with Crippen molar-refractivity contribution in [2.45, 2.75) is 12.5 Å². The molecular weight excluding hydrogens is 338 g/mol. The molecule has 1 unspecified atom stereocenters. The van der Waals surface area contributed by atoms with Gasteiger partial charge in [0.2, 0.25) is 0 Å².